The molecule has 1 saturated carbocycles. The number of nitrogens with zero attached hydrogens (tertiary/aromatic N) is 2. The van der Waals surface area contributed by atoms with Gasteiger partial charge in [-0.1, -0.05) is 102 Å². The van der Waals surface area contributed by atoms with E-state index in [1.807, 2.05) is 100 Å². The molecule has 1 fully saturated rings. The lowest BCUT2D eigenvalue weighted by molar-refractivity contribution is 0.441. The summed E-state index contributed by atoms with van der Waals surface area (Å²) in [6.07, 6.45) is 5.70. The smallest absolute Gasteiger partial charge is 0.227 e. The fraction of sp³-hybridized carbons (Fsp3) is 0.317. The highest BCUT2D eigenvalue weighted by Crippen LogP contribution is 2.42. The summed E-state index contributed by atoms with van der Waals surface area (Å²) in [6.45, 7) is 5.03. The summed E-state index contributed by atoms with van der Waals surface area (Å²) in [4.78, 5) is 9.79. The van der Waals surface area contributed by atoms with Crippen molar-refractivity contribution in [3.05, 3.63) is 107 Å². The fourth-order valence-electron chi connectivity index (χ4n) is 6.66. The Kier molecular flexibility index (Phi) is 5.92. The zero-order valence-corrected chi connectivity index (χ0v) is 25.9. The largest absolute Gasteiger partial charge is 0.437 e. The minimum atomic E-state index is -2.40. The second-order valence-electron chi connectivity index (χ2n) is 12.4. The van der Waals surface area contributed by atoms with E-state index in [0.29, 0.717) is 46.7 Å². The Morgan fingerprint density at radius 1 is 0.795 bits per heavy atom. The minimum absolute atomic E-state index is 0.169. The Morgan fingerprint density at radius 2 is 1.55 bits per heavy atom. The summed E-state index contributed by atoms with van der Waals surface area (Å²) < 4.78 is 59.2. The topological polar surface area (TPSA) is 38.9 Å². The predicted molar refractivity (Wildman–Crippen MR) is 184 cm³/mol. The van der Waals surface area contributed by atoms with Gasteiger partial charge in [0.05, 0.1) is 11.4 Å². The van der Waals surface area contributed by atoms with Crippen LogP contribution in [0.4, 0.5) is 0 Å². The van der Waals surface area contributed by atoms with Crippen molar-refractivity contribution >= 4 is 22.1 Å². The first-order chi connectivity index (χ1) is 23.5. The first-order valence-corrected chi connectivity index (χ1v) is 15.6. The van der Waals surface area contributed by atoms with Gasteiger partial charge in [-0.2, -0.15) is 0 Å². The summed E-state index contributed by atoms with van der Waals surface area (Å²) in [5.41, 5.74) is 7.59. The number of furan rings is 1. The average molecular weight is 585 g/mol. The quantitative estimate of drug-likeness (QED) is 0.195. The number of hydrogen-bond donors (Lipinski definition) is 0. The fourth-order valence-corrected chi connectivity index (χ4v) is 6.66. The average Bonchev–Trinajstić information content (AvgIpc) is 3.45. The van der Waals surface area contributed by atoms with E-state index < -0.39 is 24.5 Å². The Bertz CT molecular complexity index is 2180. The highest BCUT2D eigenvalue weighted by molar-refractivity contribution is 6.08. The van der Waals surface area contributed by atoms with Crippen LogP contribution >= 0.6 is 0 Å². The Balaban J connectivity index is 1.40. The molecule has 0 atom stereocenters. The van der Waals surface area contributed by atoms with Gasteiger partial charge < -0.3 is 4.42 Å². The molecule has 3 heterocycles. The van der Waals surface area contributed by atoms with Crippen LogP contribution in [0, 0.1) is 6.85 Å². The zero-order valence-electron chi connectivity index (χ0n) is 31.9. The maximum Gasteiger partial charge on any atom is 0.227 e. The van der Waals surface area contributed by atoms with Gasteiger partial charge >= 0.3 is 0 Å². The van der Waals surface area contributed by atoms with Crippen LogP contribution in [-0.4, -0.2) is 9.97 Å². The number of rotatable bonds is 6. The maximum absolute atomic E-state index is 9.18. The van der Waals surface area contributed by atoms with Gasteiger partial charge in [0.1, 0.15) is 5.58 Å². The third-order valence-corrected chi connectivity index (χ3v) is 8.96. The number of fused-ring (bicyclic) bond motifs is 3. The SMILES string of the molecule is [2H]C([2H])([2H])c1cc(-c2cccc3c2oc2nc(-c4c(C([2H])(C)C)cc(-c5ccccc5)cc4C([2H])(C)C)ccc23)ncc1C1([2H])CCCCC1. The van der Waals surface area contributed by atoms with Gasteiger partial charge in [0.15, 0.2) is 0 Å². The van der Waals surface area contributed by atoms with E-state index in [-0.39, 0.29) is 5.56 Å². The maximum atomic E-state index is 9.18. The molecule has 0 spiro atoms. The van der Waals surface area contributed by atoms with Gasteiger partial charge in [-0.3, -0.25) is 4.98 Å². The number of para-hydroxylation sites is 1. The van der Waals surface area contributed by atoms with Crippen LogP contribution < -0.4 is 0 Å². The highest BCUT2D eigenvalue weighted by Gasteiger charge is 2.22. The molecule has 6 aromatic rings. The second kappa shape index (κ2) is 11.7. The molecule has 44 heavy (non-hydrogen) atoms. The van der Waals surface area contributed by atoms with Gasteiger partial charge in [-0.05, 0) is 95.0 Å². The van der Waals surface area contributed by atoms with Crippen molar-refractivity contribution in [2.75, 3.05) is 0 Å². The van der Waals surface area contributed by atoms with Crippen LogP contribution in [0.15, 0.2) is 89.5 Å². The molecule has 1 aliphatic rings. The lowest BCUT2D eigenvalue weighted by Crippen LogP contribution is -2.07. The van der Waals surface area contributed by atoms with E-state index >= 15 is 0 Å². The van der Waals surface area contributed by atoms with Crippen LogP contribution in [0.3, 0.4) is 0 Å². The first-order valence-electron chi connectivity index (χ1n) is 18.6. The minimum Gasteiger partial charge on any atom is -0.437 e. The van der Waals surface area contributed by atoms with Gasteiger partial charge in [-0.15, -0.1) is 0 Å². The monoisotopic (exact) mass is 584 g/mol. The van der Waals surface area contributed by atoms with E-state index in [0.717, 1.165) is 57.9 Å². The molecule has 0 saturated heterocycles. The second-order valence-corrected chi connectivity index (χ2v) is 12.4. The summed E-state index contributed by atoms with van der Waals surface area (Å²) in [7, 11) is 0. The number of benzene rings is 3. The summed E-state index contributed by atoms with van der Waals surface area (Å²) in [5, 5.41) is 1.62. The molecule has 0 aliphatic heterocycles. The molecule has 3 heteroatoms. The van der Waals surface area contributed by atoms with Crippen molar-refractivity contribution < 1.29 is 12.6 Å². The van der Waals surface area contributed by atoms with E-state index in [1.165, 1.54) is 0 Å². The van der Waals surface area contributed by atoms with Crippen molar-refractivity contribution in [1.29, 1.82) is 0 Å². The molecule has 3 aromatic heterocycles. The molecule has 0 N–H and O–H groups in total. The Labute approximate surface area is 269 Å². The molecular formula is C41H42N2O. The van der Waals surface area contributed by atoms with Crippen molar-refractivity contribution in [2.45, 2.75) is 84.3 Å². The summed E-state index contributed by atoms with van der Waals surface area (Å²) >= 11 is 0. The summed E-state index contributed by atoms with van der Waals surface area (Å²) in [5.74, 6) is -2.95. The lowest BCUT2D eigenvalue weighted by Gasteiger charge is -2.23. The third-order valence-electron chi connectivity index (χ3n) is 8.96. The van der Waals surface area contributed by atoms with Gasteiger partial charge in [-0.25, -0.2) is 4.98 Å². The van der Waals surface area contributed by atoms with Crippen LogP contribution in [0.25, 0.3) is 55.7 Å². The molecule has 3 aromatic carbocycles. The molecule has 0 radical (unpaired) electrons. The Morgan fingerprint density at radius 3 is 2.25 bits per heavy atom. The zero-order chi connectivity index (χ0) is 35.6. The van der Waals surface area contributed by atoms with E-state index in [4.69, 9.17) is 18.5 Å². The standard InChI is InChI=1S/C41H42N2O/c1-25(2)34-22-30(28-13-8-6-9-14-28)23-35(26(3)4)39(34)37-20-19-32-31-17-12-18-33(40(31)44-41(32)43-37)38-21-27(5)36(24-42-38)29-15-10-7-11-16-29/h6,8-9,12-14,17-26,29H,7,10-11,15-16H2,1-5H3/i5D3,25D,26D,29D. The highest BCUT2D eigenvalue weighted by atomic mass is 16.3. The molecule has 0 unspecified atom stereocenters. The lowest BCUT2D eigenvalue weighted by atomic mass is 9.83. The molecule has 0 amide bonds. The number of hydrogen-bond acceptors (Lipinski definition) is 3. The molecule has 222 valence electrons. The number of aromatic nitrogens is 2. The normalized spacial score (nSPS) is 17.8. The molecule has 0 bridgehead atoms. The van der Waals surface area contributed by atoms with Crippen molar-refractivity contribution in [1.82, 2.24) is 9.97 Å². The van der Waals surface area contributed by atoms with Crippen molar-refractivity contribution in [3.8, 4) is 33.6 Å². The number of aryl methyl sites for hydroxylation is 1. The number of pyridine rings is 2. The van der Waals surface area contributed by atoms with Crippen LogP contribution in [0.2, 0.25) is 0 Å². The molecule has 3 nitrogen and oxygen atoms in total. The Hall–Kier alpha value is -4.24. The van der Waals surface area contributed by atoms with Crippen LogP contribution in [0.5, 0.6) is 0 Å². The third kappa shape index (κ3) is 5.13. The van der Waals surface area contributed by atoms with Crippen molar-refractivity contribution in [2.24, 2.45) is 0 Å². The predicted octanol–water partition coefficient (Wildman–Crippen LogP) is 12.0. The van der Waals surface area contributed by atoms with E-state index in [1.54, 1.807) is 12.3 Å². The summed E-state index contributed by atoms with van der Waals surface area (Å²) in [6, 6.07) is 25.4. The molecule has 1 aliphatic carbocycles. The van der Waals surface area contributed by atoms with E-state index in [9.17, 15) is 4.11 Å². The van der Waals surface area contributed by atoms with Gasteiger partial charge in [0.25, 0.3) is 0 Å². The van der Waals surface area contributed by atoms with Crippen LogP contribution in [0.1, 0.15) is 108 Å². The molecular weight excluding hydrogens is 536 g/mol. The van der Waals surface area contributed by atoms with Crippen LogP contribution in [-0.2, 0) is 0 Å². The van der Waals surface area contributed by atoms with Gasteiger partial charge in [0, 0.05) is 36.3 Å². The molecule has 7 rings (SSSR count). The first kappa shape index (κ1) is 22.3. The van der Waals surface area contributed by atoms with Gasteiger partial charge in [0.2, 0.25) is 5.71 Å². The van der Waals surface area contributed by atoms with E-state index in [2.05, 4.69) is 0 Å². The van der Waals surface area contributed by atoms with Crippen molar-refractivity contribution in [3.63, 3.8) is 0 Å².